The highest BCUT2D eigenvalue weighted by molar-refractivity contribution is 5.90. The van der Waals surface area contributed by atoms with Crippen molar-refractivity contribution >= 4 is 16.8 Å². The number of rotatable bonds is 6. The van der Waals surface area contributed by atoms with Gasteiger partial charge in [0.15, 0.2) is 0 Å². The minimum absolute atomic E-state index is 0.0720. The third-order valence-electron chi connectivity index (χ3n) is 5.23. The Kier molecular flexibility index (Phi) is 5.36. The SMILES string of the molecule is COc1ccc(-c2cc(OC[C@H]3CNC(=O)C3)c3cccnc3c2)cc1C(C)O. The molecule has 1 aliphatic heterocycles. The number of ether oxygens (including phenoxy) is 2. The lowest BCUT2D eigenvalue weighted by Crippen LogP contribution is -2.16. The van der Waals surface area contributed by atoms with E-state index in [2.05, 4.69) is 10.3 Å². The fourth-order valence-electron chi connectivity index (χ4n) is 3.67. The Hall–Kier alpha value is -3.12. The Bertz CT molecular complexity index is 1050. The van der Waals surface area contributed by atoms with Crippen molar-refractivity contribution in [2.75, 3.05) is 20.3 Å². The number of aromatic nitrogens is 1. The summed E-state index contributed by atoms with van der Waals surface area (Å²) >= 11 is 0. The van der Waals surface area contributed by atoms with E-state index in [9.17, 15) is 9.90 Å². The number of nitrogens with zero attached hydrogens (tertiary/aromatic N) is 1. The Morgan fingerprint density at radius 3 is 2.79 bits per heavy atom. The maximum atomic E-state index is 11.4. The molecule has 1 fully saturated rings. The smallest absolute Gasteiger partial charge is 0.220 e. The predicted molar refractivity (Wildman–Crippen MR) is 111 cm³/mol. The summed E-state index contributed by atoms with van der Waals surface area (Å²) < 4.78 is 11.5. The zero-order valence-electron chi connectivity index (χ0n) is 16.5. The first-order valence-corrected chi connectivity index (χ1v) is 9.70. The van der Waals surface area contributed by atoms with Gasteiger partial charge < -0.3 is 19.9 Å². The lowest BCUT2D eigenvalue weighted by molar-refractivity contribution is -0.119. The highest BCUT2D eigenvalue weighted by Gasteiger charge is 2.22. The van der Waals surface area contributed by atoms with Gasteiger partial charge in [-0.1, -0.05) is 6.07 Å². The molecule has 2 N–H and O–H groups in total. The molecular weight excluding hydrogens is 368 g/mol. The topological polar surface area (TPSA) is 80.7 Å². The van der Waals surface area contributed by atoms with Crippen LogP contribution in [0.3, 0.4) is 0 Å². The van der Waals surface area contributed by atoms with Crippen molar-refractivity contribution in [1.29, 1.82) is 0 Å². The number of hydrogen-bond acceptors (Lipinski definition) is 5. The lowest BCUT2D eigenvalue weighted by atomic mass is 9.98. The quantitative estimate of drug-likeness (QED) is 0.671. The van der Waals surface area contributed by atoms with Crippen LogP contribution in [0.15, 0.2) is 48.7 Å². The molecule has 1 amide bonds. The molecule has 3 aromatic rings. The Morgan fingerprint density at radius 2 is 2.07 bits per heavy atom. The van der Waals surface area contributed by atoms with Gasteiger partial charge in [0.2, 0.25) is 5.91 Å². The average Bonchev–Trinajstić information content (AvgIpc) is 3.16. The molecule has 0 bridgehead atoms. The molecule has 1 aliphatic rings. The number of aliphatic hydroxyl groups is 1. The molecule has 6 heteroatoms. The second kappa shape index (κ2) is 8.09. The Balaban J connectivity index is 1.72. The standard InChI is InChI=1S/C23H24N2O4/c1-14(26)19-9-16(5-6-21(19)28-2)17-10-20-18(4-3-7-24-20)22(11-17)29-13-15-8-23(27)25-12-15/h3-7,9-11,14-15,26H,8,12-13H2,1-2H3,(H,25,27)/t14?,15-/m1/s1. The molecule has 1 saturated heterocycles. The van der Waals surface area contributed by atoms with Gasteiger partial charge in [-0.15, -0.1) is 0 Å². The first-order chi connectivity index (χ1) is 14.0. The van der Waals surface area contributed by atoms with Crippen molar-refractivity contribution in [3.63, 3.8) is 0 Å². The molecule has 150 valence electrons. The van der Waals surface area contributed by atoms with Gasteiger partial charge in [0.1, 0.15) is 11.5 Å². The van der Waals surface area contributed by atoms with Crippen LogP contribution in [0.25, 0.3) is 22.0 Å². The van der Waals surface area contributed by atoms with Gasteiger partial charge in [0.25, 0.3) is 0 Å². The molecule has 2 aromatic carbocycles. The zero-order chi connectivity index (χ0) is 20.4. The zero-order valence-corrected chi connectivity index (χ0v) is 16.5. The minimum atomic E-state index is -0.647. The first-order valence-electron chi connectivity index (χ1n) is 9.70. The van der Waals surface area contributed by atoms with E-state index in [4.69, 9.17) is 9.47 Å². The van der Waals surface area contributed by atoms with E-state index in [0.29, 0.717) is 25.3 Å². The third-order valence-corrected chi connectivity index (χ3v) is 5.23. The van der Waals surface area contributed by atoms with E-state index in [-0.39, 0.29) is 11.8 Å². The number of pyridine rings is 1. The summed E-state index contributed by atoms with van der Waals surface area (Å²) in [6.45, 7) is 2.83. The first kappa shape index (κ1) is 19.2. The van der Waals surface area contributed by atoms with Gasteiger partial charge in [-0.2, -0.15) is 0 Å². The average molecular weight is 392 g/mol. The molecule has 0 radical (unpaired) electrons. The van der Waals surface area contributed by atoms with Gasteiger partial charge in [0, 0.05) is 36.0 Å². The molecule has 1 unspecified atom stereocenters. The van der Waals surface area contributed by atoms with Crippen LogP contribution >= 0.6 is 0 Å². The van der Waals surface area contributed by atoms with E-state index in [1.807, 2.05) is 42.5 Å². The summed E-state index contributed by atoms with van der Waals surface area (Å²) in [5, 5.41) is 13.9. The summed E-state index contributed by atoms with van der Waals surface area (Å²) in [7, 11) is 1.59. The number of methoxy groups -OCH3 is 1. The van der Waals surface area contributed by atoms with Crippen LogP contribution in [0, 0.1) is 5.92 Å². The highest BCUT2D eigenvalue weighted by atomic mass is 16.5. The number of carbonyl (C=O) groups excluding carboxylic acids is 1. The van der Waals surface area contributed by atoms with Crippen LogP contribution in [0.5, 0.6) is 11.5 Å². The minimum Gasteiger partial charge on any atom is -0.496 e. The second-order valence-electron chi connectivity index (χ2n) is 7.36. The molecule has 6 nitrogen and oxygen atoms in total. The Labute approximate surface area is 169 Å². The fourth-order valence-corrected chi connectivity index (χ4v) is 3.67. The number of carbonyl (C=O) groups is 1. The highest BCUT2D eigenvalue weighted by Crippen LogP contribution is 2.35. The van der Waals surface area contributed by atoms with Crippen LogP contribution in [-0.4, -0.2) is 36.3 Å². The maximum absolute atomic E-state index is 11.4. The normalized spacial score (nSPS) is 17.2. The van der Waals surface area contributed by atoms with Gasteiger partial charge in [-0.25, -0.2) is 0 Å². The molecule has 2 atom stereocenters. The number of hydrogen-bond donors (Lipinski definition) is 2. The monoisotopic (exact) mass is 392 g/mol. The number of benzene rings is 2. The number of aliphatic hydroxyl groups excluding tert-OH is 1. The van der Waals surface area contributed by atoms with Crippen molar-refractivity contribution in [2.45, 2.75) is 19.4 Å². The molecule has 0 spiro atoms. The molecule has 1 aromatic heterocycles. The maximum Gasteiger partial charge on any atom is 0.220 e. The second-order valence-corrected chi connectivity index (χ2v) is 7.36. The van der Waals surface area contributed by atoms with E-state index in [0.717, 1.165) is 33.3 Å². The van der Waals surface area contributed by atoms with Crippen molar-refractivity contribution < 1.29 is 19.4 Å². The Morgan fingerprint density at radius 1 is 1.21 bits per heavy atom. The van der Waals surface area contributed by atoms with Crippen molar-refractivity contribution in [3.05, 3.63) is 54.2 Å². The van der Waals surface area contributed by atoms with E-state index in [1.54, 1.807) is 20.2 Å². The summed E-state index contributed by atoms with van der Waals surface area (Å²) in [4.78, 5) is 15.9. The van der Waals surface area contributed by atoms with Gasteiger partial charge in [-0.3, -0.25) is 9.78 Å². The summed E-state index contributed by atoms with van der Waals surface area (Å²) in [6, 6.07) is 13.6. The summed E-state index contributed by atoms with van der Waals surface area (Å²) in [5.41, 5.74) is 3.44. The van der Waals surface area contributed by atoms with Gasteiger partial charge in [0.05, 0.1) is 25.3 Å². The molecule has 4 rings (SSSR count). The number of nitrogens with one attached hydrogen (secondary N) is 1. The third kappa shape index (κ3) is 4.03. The fraction of sp³-hybridized carbons (Fsp3) is 0.304. The number of amides is 1. The van der Waals surface area contributed by atoms with Crippen molar-refractivity contribution in [1.82, 2.24) is 10.3 Å². The molecular formula is C23H24N2O4. The van der Waals surface area contributed by atoms with Crippen LogP contribution in [0.2, 0.25) is 0 Å². The lowest BCUT2D eigenvalue weighted by Gasteiger charge is -2.16. The van der Waals surface area contributed by atoms with Crippen molar-refractivity contribution in [3.8, 4) is 22.6 Å². The summed E-state index contributed by atoms with van der Waals surface area (Å²) in [6.07, 6.45) is 1.60. The molecule has 0 saturated carbocycles. The molecule has 29 heavy (non-hydrogen) atoms. The van der Waals surface area contributed by atoms with E-state index >= 15 is 0 Å². The molecule has 2 heterocycles. The van der Waals surface area contributed by atoms with Crippen LogP contribution in [0.1, 0.15) is 25.0 Å². The van der Waals surface area contributed by atoms with Crippen LogP contribution in [0.4, 0.5) is 0 Å². The molecule has 0 aliphatic carbocycles. The van der Waals surface area contributed by atoms with Gasteiger partial charge >= 0.3 is 0 Å². The van der Waals surface area contributed by atoms with E-state index < -0.39 is 6.10 Å². The number of fused-ring (bicyclic) bond motifs is 1. The van der Waals surface area contributed by atoms with Crippen LogP contribution in [-0.2, 0) is 4.79 Å². The van der Waals surface area contributed by atoms with Crippen molar-refractivity contribution in [2.24, 2.45) is 5.92 Å². The van der Waals surface area contributed by atoms with E-state index in [1.165, 1.54) is 0 Å². The van der Waals surface area contributed by atoms with Gasteiger partial charge in [-0.05, 0) is 54.4 Å². The summed E-state index contributed by atoms with van der Waals surface area (Å²) in [5.74, 6) is 1.63. The largest absolute Gasteiger partial charge is 0.496 e. The predicted octanol–water partition coefficient (Wildman–Crippen LogP) is 3.48. The van der Waals surface area contributed by atoms with Crippen LogP contribution < -0.4 is 14.8 Å².